The first-order valence-electron chi connectivity index (χ1n) is 2.37. The van der Waals surface area contributed by atoms with E-state index in [1.165, 1.54) is 0 Å². The molecule has 0 saturated carbocycles. The van der Waals surface area contributed by atoms with Gasteiger partial charge in [-0.15, -0.1) is 0 Å². The molecule has 0 heterocycles. The fourth-order valence-corrected chi connectivity index (χ4v) is 1.68. The summed E-state index contributed by atoms with van der Waals surface area (Å²) in [6, 6.07) is 0. The van der Waals surface area contributed by atoms with Crippen molar-refractivity contribution in [1.82, 2.24) is 0 Å². The Morgan fingerprint density at radius 2 is 2.00 bits per heavy atom. The Bertz CT molecular complexity index is 216. The second-order valence-electron chi connectivity index (χ2n) is 1.54. The van der Waals surface area contributed by atoms with Gasteiger partial charge in [-0.05, 0) is 0 Å². The molecular formula is C3H9N2O3S2+. The fourth-order valence-electron chi connectivity index (χ4n) is 0.265. The van der Waals surface area contributed by atoms with Crippen molar-refractivity contribution in [3.05, 3.63) is 0 Å². The molecule has 5 N–H and O–H groups in total. The zero-order valence-electron chi connectivity index (χ0n) is 5.15. The first-order valence-corrected chi connectivity index (χ1v) is 4.97. The summed E-state index contributed by atoms with van der Waals surface area (Å²) in [5.74, 6) is -0.142. The van der Waals surface area contributed by atoms with Crippen LogP contribution in [0.3, 0.4) is 0 Å². The summed E-state index contributed by atoms with van der Waals surface area (Å²) in [7, 11) is -3.87. The summed E-state index contributed by atoms with van der Waals surface area (Å²) in [5.41, 5.74) is 10.0. The summed E-state index contributed by atoms with van der Waals surface area (Å²) < 4.78 is 28.3. The SMILES string of the molecule is NC(N)=[S+]CCS(=O)(=O)O. The molecule has 0 aromatic carbocycles. The van der Waals surface area contributed by atoms with Gasteiger partial charge in [0.05, 0.1) is 0 Å². The molecule has 0 spiro atoms. The Kier molecular flexibility index (Phi) is 3.91. The minimum absolute atomic E-state index is 0.101. The molecule has 60 valence electrons. The fraction of sp³-hybridized carbons (Fsp3) is 0.667. The third-order valence-electron chi connectivity index (χ3n) is 0.610. The maximum atomic E-state index is 10.1. The minimum Gasteiger partial charge on any atom is -0.285 e. The highest BCUT2D eigenvalue weighted by molar-refractivity contribution is 7.87. The number of hydrogen-bond acceptors (Lipinski definition) is 2. The molecule has 0 fully saturated rings. The highest BCUT2D eigenvalue weighted by Gasteiger charge is 2.08. The molecule has 0 radical (unpaired) electrons. The van der Waals surface area contributed by atoms with Gasteiger partial charge < -0.3 is 0 Å². The van der Waals surface area contributed by atoms with Gasteiger partial charge in [0.2, 0.25) is 11.4 Å². The minimum atomic E-state index is -3.87. The Morgan fingerprint density at radius 1 is 1.50 bits per heavy atom. The van der Waals surface area contributed by atoms with Gasteiger partial charge in [0.1, 0.15) is 5.75 Å². The lowest BCUT2D eigenvalue weighted by molar-refractivity contribution is 0.485. The number of rotatable bonds is 3. The van der Waals surface area contributed by atoms with Gasteiger partial charge in [0.15, 0.2) is 5.75 Å². The van der Waals surface area contributed by atoms with Crippen molar-refractivity contribution >= 4 is 26.6 Å². The van der Waals surface area contributed by atoms with Crippen LogP contribution in [0.1, 0.15) is 0 Å². The quantitative estimate of drug-likeness (QED) is 0.267. The smallest absolute Gasteiger partial charge is 0.285 e. The van der Waals surface area contributed by atoms with E-state index in [0.29, 0.717) is 0 Å². The largest absolute Gasteiger partial charge is 0.314 e. The van der Waals surface area contributed by atoms with Crippen molar-refractivity contribution < 1.29 is 13.0 Å². The molecule has 0 rings (SSSR count). The maximum absolute atomic E-state index is 10.1. The highest BCUT2D eigenvalue weighted by Crippen LogP contribution is 1.79. The van der Waals surface area contributed by atoms with Crippen molar-refractivity contribution in [2.75, 3.05) is 11.5 Å². The molecule has 7 heteroatoms. The van der Waals surface area contributed by atoms with Gasteiger partial charge in [-0.3, -0.25) is 4.55 Å². The maximum Gasteiger partial charge on any atom is 0.314 e. The van der Waals surface area contributed by atoms with Crippen LogP contribution in [0.15, 0.2) is 0 Å². The van der Waals surface area contributed by atoms with Crippen molar-refractivity contribution in [3.63, 3.8) is 0 Å². The van der Waals surface area contributed by atoms with E-state index >= 15 is 0 Å². The molecule has 10 heavy (non-hydrogen) atoms. The molecular weight excluding hydrogens is 176 g/mol. The zero-order chi connectivity index (χ0) is 8.20. The van der Waals surface area contributed by atoms with E-state index in [-0.39, 0.29) is 16.6 Å². The van der Waals surface area contributed by atoms with Crippen molar-refractivity contribution in [2.24, 2.45) is 11.5 Å². The first kappa shape index (κ1) is 9.92. The van der Waals surface area contributed by atoms with Crippen LogP contribution < -0.4 is 11.5 Å². The molecule has 0 aliphatic rings. The molecule has 0 bridgehead atoms. The van der Waals surface area contributed by atoms with Crippen LogP contribution in [-0.2, 0) is 21.5 Å². The summed E-state index contributed by atoms with van der Waals surface area (Å²) in [5, 5.41) is 0.101. The Hall–Kier alpha value is -0.0800. The summed E-state index contributed by atoms with van der Waals surface area (Å²) in [6.45, 7) is 0. The van der Waals surface area contributed by atoms with Crippen LogP contribution in [0.2, 0.25) is 0 Å². The molecule has 5 nitrogen and oxygen atoms in total. The molecule has 0 amide bonds. The zero-order valence-corrected chi connectivity index (χ0v) is 6.78. The standard InChI is InChI=1S/C3H8N2O3S2/c4-3(5)9-1-2-10(6,7)8/h1-2,4-5H2/p+1. The van der Waals surface area contributed by atoms with E-state index in [1.807, 2.05) is 0 Å². The van der Waals surface area contributed by atoms with E-state index in [9.17, 15) is 8.42 Å². The lowest BCUT2D eigenvalue weighted by atomic mass is 11.0. The third-order valence-corrected chi connectivity index (χ3v) is 2.33. The molecule has 0 aliphatic heterocycles. The monoisotopic (exact) mass is 185 g/mol. The van der Waals surface area contributed by atoms with E-state index in [0.717, 1.165) is 11.4 Å². The highest BCUT2D eigenvalue weighted by atomic mass is 32.2. The lowest BCUT2D eigenvalue weighted by Gasteiger charge is -1.82. The van der Waals surface area contributed by atoms with Crippen LogP contribution in [0.25, 0.3) is 0 Å². The molecule has 0 aliphatic carbocycles. The van der Waals surface area contributed by atoms with Gasteiger partial charge in [0, 0.05) is 0 Å². The van der Waals surface area contributed by atoms with Crippen LogP contribution in [-0.4, -0.2) is 29.6 Å². The first-order chi connectivity index (χ1) is 4.42. The van der Waals surface area contributed by atoms with Crippen LogP contribution >= 0.6 is 0 Å². The van der Waals surface area contributed by atoms with E-state index in [2.05, 4.69) is 0 Å². The van der Waals surface area contributed by atoms with Gasteiger partial charge in [-0.25, -0.2) is 11.5 Å². The average molecular weight is 185 g/mol. The molecule has 0 unspecified atom stereocenters. The molecule has 0 atom stereocenters. The lowest BCUT2D eigenvalue weighted by Crippen LogP contribution is -2.25. The van der Waals surface area contributed by atoms with Crippen molar-refractivity contribution in [2.45, 2.75) is 0 Å². The predicted octanol–water partition coefficient (Wildman–Crippen LogP) is -2.04. The van der Waals surface area contributed by atoms with Crippen molar-refractivity contribution in [1.29, 1.82) is 0 Å². The summed E-state index contributed by atoms with van der Waals surface area (Å²) >= 11 is 0.991. The van der Waals surface area contributed by atoms with Crippen LogP contribution in [0.4, 0.5) is 0 Å². The van der Waals surface area contributed by atoms with Gasteiger partial charge >= 0.3 is 5.11 Å². The topological polar surface area (TPSA) is 106 Å². The summed E-state index contributed by atoms with van der Waals surface area (Å²) in [4.78, 5) is 0. The van der Waals surface area contributed by atoms with Gasteiger partial charge in [-0.1, -0.05) is 0 Å². The number of nitrogens with two attached hydrogens (primary N) is 2. The Balaban J connectivity index is 3.69. The Morgan fingerprint density at radius 3 is 2.30 bits per heavy atom. The third kappa shape index (κ3) is 7.92. The predicted molar refractivity (Wildman–Crippen MR) is 42.0 cm³/mol. The van der Waals surface area contributed by atoms with E-state index in [4.69, 9.17) is 16.0 Å². The molecule has 0 saturated heterocycles. The Labute approximate surface area is 63.1 Å². The van der Waals surface area contributed by atoms with Crippen molar-refractivity contribution in [3.8, 4) is 0 Å². The van der Waals surface area contributed by atoms with E-state index in [1.54, 1.807) is 0 Å². The van der Waals surface area contributed by atoms with Crippen LogP contribution in [0.5, 0.6) is 0 Å². The second-order valence-corrected chi connectivity index (χ2v) is 4.28. The van der Waals surface area contributed by atoms with Gasteiger partial charge in [-0.2, -0.15) is 8.42 Å². The average Bonchev–Trinajstić information content (AvgIpc) is 1.59. The van der Waals surface area contributed by atoms with Gasteiger partial charge in [0.25, 0.3) is 10.1 Å². The molecule has 0 aromatic heterocycles. The van der Waals surface area contributed by atoms with Crippen LogP contribution in [0, 0.1) is 0 Å². The van der Waals surface area contributed by atoms with E-state index < -0.39 is 10.1 Å². The normalized spacial score (nSPS) is 11.1. The summed E-state index contributed by atoms with van der Waals surface area (Å²) in [6.07, 6.45) is 0. The number of hydrogen-bond donors (Lipinski definition) is 3. The molecule has 0 aromatic rings. The second kappa shape index (κ2) is 3.94.